The van der Waals surface area contributed by atoms with Crippen molar-refractivity contribution in [2.24, 2.45) is 29.6 Å². The molecule has 1 aromatic rings. The van der Waals surface area contributed by atoms with Gasteiger partial charge in [0, 0.05) is 57.6 Å². The number of aliphatic hydroxyl groups is 2. The molecule has 0 aromatic heterocycles. The predicted molar refractivity (Wildman–Crippen MR) is 258 cm³/mol. The van der Waals surface area contributed by atoms with Gasteiger partial charge < -0.3 is 48.3 Å². The van der Waals surface area contributed by atoms with E-state index in [4.69, 9.17) is 33.2 Å². The van der Waals surface area contributed by atoms with E-state index < -0.39 is 77.8 Å². The minimum absolute atomic E-state index is 0.0156. The van der Waals surface area contributed by atoms with Crippen molar-refractivity contribution >= 4 is 29.2 Å². The number of nitrogens with zero attached hydrogens (tertiary/aromatic N) is 1. The highest BCUT2D eigenvalue weighted by Gasteiger charge is 2.56. The van der Waals surface area contributed by atoms with Crippen LogP contribution >= 0.6 is 0 Å². The molecule has 3 fully saturated rings. The molecule has 15 nitrogen and oxygen atoms in total. The van der Waals surface area contributed by atoms with Gasteiger partial charge in [-0.3, -0.25) is 19.2 Å². The summed E-state index contributed by atoms with van der Waals surface area (Å²) in [6, 6.07) is 5.87. The predicted octanol–water partition coefficient (Wildman–Crippen LogP) is 7.17. The molecule has 5 rings (SSSR count). The second-order valence-corrected chi connectivity index (χ2v) is 20.6. The van der Waals surface area contributed by atoms with Crippen molar-refractivity contribution in [1.82, 2.24) is 4.90 Å². The summed E-state index contributed by atoms with van der Waals surface area (Å²) >= 11 is 0. The van der Waals surface area contributed by atoms with Crippen LogP contribution < -0.4 is 4.74 Å². The van der Waals surface area contributed by atoms with Crippen molar-refractivity contribution in [3.63, 3.8) is 0 Å². The van der Waals surface area contributed by atoms with Gasteiger partial charge in [-0.15, -0.1) is 0 Å². The van der Waals surface area contributed by atoms with Gasteiger partial charge in [-0.2, -0.15) is 0 Å². The molecule has 1 aromatic carbocycles. The third-order valence-electron chi connectivity index (χ3n) is 14.8. The SMILES string of the molecule is CCC1C=C(C)CC(C)CC(OC)C2OC(O)(C(=O)C(=O)N3CCCCC3C(=O)OC(C(C)=CC3CCC(OCC(=O)c4cccc(OC(C)C)c4)C(OC)C3)C(C)C(O)CC1=O)C(C)CC2OC. The van der Waals surface area contributed by atoms with Crippen LogP contribution in [0, 0.1) is 29.6 Å². The van der Waals surface area contributed by atoms with E-state index in [-0.39, 0.29) is 74.1 Å². The number of piperidine rings is 1. The van der Waals surface area contributed by atoms with Crippen LogP contribution in [0.15, 0.2) is 47.6 Å². The molecule has 2 saturated heterocycles. The number of aliphatic hydroxyl groups excluding tert-OH is 1. The number of amides is 1. The van der Waals surface area contributed by atoms with Gasteiger partial charge in [0.15, 0.2) is 5.78 Å². The quantitative estimate of drug-likeness (QED) is 0.0927. The van der Waals surface area contributed by atoms with Crippen LogP contribution in [0.25, 0.3) is 0 Å². The van der Waals surface area contributed by atoms with Gasteiger partial charge in [-0.05, 0) is 121 Å². The maximum Gasteiger partial charge on any atom is 0.329 e. The van der Waals surface area contributed by atoms with Gasteiger partial charge in [-0.25, -0.2) is 4.79 Å². The molecule has 15 heteroatoms. The Morgan fingerprint density at radius 3 is 2.29 bits per heavy atom. The van der Waals surface area contributed by atoms with Crippen molar-refractivity contribution in [3.8, 4) is 5.75 Å². The van der Waals surface area contributed by atoms with Gasteiger partial charge in [0.2, 0.25) is 5.79 Å². The Morgan fingerprint density at radius 2 is 1.62 bits per heavy atom. The zero-order valence-electron chi connectivity index (χ0n) is 43.0. The van der Waals surface area contributed by atoms with Gasteiger partial charge in [0.1, 0.15) is 36.4 Å². The van der Waals surface area contributed by atoms with Gasteiger partial charge >= 0.3 is 5.97 Å². The van der Waals surface area contributed by atoms with Gasteiger partial charge in [-0.1, -0.05) is 57.6 Å². The Kier molecular flexibility index (Phi) is 20.7. The third kappa shape index (κ3) is 14.2. The van der Waals surface area contributed by atoms with E-state index in [9.17, 15) is 34.2 Å². The van der Waals surface area contributed by atoms with E-state index in [1.807, 2.05) is 59.8 Å². The van der Waals surface area contributed by atoms with Crippen molar-refractivity contribution in [2.75, 3.05) is 34.5 Å². The molecule has 3 heterocycles. The highest BCUT2D eigenvalue weighted by molar-refractivity contribution is 6.39. The minimum Gasteiger partial charge on any atom is -0.491 e. The third-order valence-corrected chi connectivity index (χ3v) is 14.8. The lowest BCUT2D eigenvalue weighted by atomic mass is 9.81. The van der Waals surface area contributed by atoms with E-state index in [0.717, 1.165) is 5.57 Å². The van der Waals surface area contributed by atoms with Crippen LogP contribution in [0.3, 0.4) is 0 Å². The zero-order valence-corrected chi connectivity index (χ0v) is 43.0. The second-order valence-electron chi connectivity index (χ2n) is 20.6. The van der Waals surface area contributed by atoms with Crippen LogP contribution in [-0.2, 0) is 47.6 Å². The smallest absolute Gasteiger partial charge is 0.329 e. The maximum atomic E-state index is 14.6. The average Bonchev–Trinajstić information content (AvgIpc) is 3.32. The number of Topliss-reactive ketones (excluding diaryl/α,β-unsaturated/α-hetero) is 3. The molecule has 1 saturated carbocycles. The minimum atomic E-state index is -2.53. The highest BCUT2D eigenvalue weighted by atomic mass is 16.7. The number of ketones is 3. The molecule has 14 atom stereocenters. The Morgan fingerprint density at radius 1 is 0.928 bits per heavy atom. The first-order chi connectivity index (χ1) is 32.7. The number of cyclic esters (lactones) is 1. The van der Waals surface area contributed by atoms with Gasteiger partial charge in [0.05, 0.1) is 36.6 Å². The first-order valence-corrected chi connectivity index (χ1v) is 25.3. The van der Waals surface area contributed by atoms with Crippen LogP contribution in [0.2, 0.25) is 0 Å². The lowest BCUT2D eigenvalue weighted by Gasteiger charge is -2.47. The Hall–Kier alpha value is -3.83. The van der Waals surface area contributed by atoms with Crippen LogP contribution in [0.4, 0.5) is 0 Å². The number of hydrogen-bond acceptors (Lipinski definition) is 14. The van der Waals surface area contributed by atoms with E-state index in [1.165, 1.54) is 19.1 Å². The number of fused-ring (bicyclic) bond motifs is 3. The second kappa shape index (κ2) is 25.5. The molecule has 69 heavy (non-hydrogen) atoms. The molecule has 0 spiro atoms. The molecule has 0 radical (unpaired) electrons. The van der Waals surface area contributed by atoms with Crippen molar-refractivity contribution in [3.05, 3.63) is 53.1 Å². The molecule has 3 aliphatic heterocycles. The summed E-state index contributed by atoms with van der Waals surface area (Å²) in [5.74, 6) is -7.33. The summed E-state index contributed by atoms with van der Waals surface area (Å²) in [6.45, 7) is 14.9. The van der Waals surface area contributed by atoms with Crippen molar-refractivity contribution < 1.29 is 67.3 Å². The molecule has 386 valence electrons. The number of allylic oxidation sites excluding steroid dienone is 3. The fourth-order valence-corrected chi connectivity index (χ4v) is 10.8. The van der Waals surface area contributed by atoms with Crippen LogP contribution in [0.1, 0.15) is 136 Å². The Labute approximate surface area is 409 Å². The van der Waals surface area contributed by atoms with Crippen molar-refractivity contribution in [1.29, 1.82) is 0 Å². The largest absolute Gasteiger partial charge is 0.491 e. The number of ether oxygens (including phenoxy) is 7. The normalized spacial score (nSPS) is 35.2. The lowest BCUT2D eigenvalue weighted by molar-refractivity contribution is -0.302. The summed E-state index contributed by atoms with van der Waals surface area (Å²) in [6.07, 6.45) is 3.63. The number of carbonyl (C=O) groups is 5. The van der Waals surface area contributed by atoms with Crippen LogP contribution in [-0.4, -0.2) is 139 Å². The Balaban J connectivity index is 1.43. The molecule has 2 bridgehead atoms. The number of carbonyl (C=O) groups excluding carboxylic acids is 5. The molecular weight excluding hydrogens is 887 g/mol. The average molecular weight is 968 g/mol. The first kappa shape index (κ1) is 56.1. The number of esters is 1. The number of benzene rings is 1. The monoisotopic (exact) mass is 968 g/mol. The van der Waals surface area contributed by atoms with E-state index >= 15 is 0 Å². The first-order valence-electron chi connectivity index (χ1n) is 25.3. The summed E-state index contributed by atoms with van der Waals surface area (Å²) in [5, 5.41) is 24.0. The maximum absolute atomic E-state index is 14.6. The van der Waals surface area contributed by atoms with E-state index in [1.54, 1.807) is 39.2 Å². The lowest BCUT2D eigenvalue weighted by Crippen LogP contribution is -2.64. The standard InChI is InChI=1S/C54H81NO14/c1-12-38-23-32(4)22-33(5)24-47(64-10)50-48(65-11)26-35(7)54(62,69-50)51(59)52(60)55-21-14-13-18-41(55)53(61)68-49(36(8)42(56)29-43(38)57)34(6)25-37-19-20-45(46(27-37)63-9)66-30-44(58)39-16-15-17-40(28-39)67-31(2)3/h15-17,23,25,28,31,33,35-38,41-42,45-50,56,62H,12-14,18-22,24,26-27,29-30H2,1-11H3. The van der Waals surface area contributed by atoms with E-state index in [2.05, 4.69) is 0 Å². The number of hydrogen-bond donors (Lipinski definition) is 2. The molecule has 1 aliphatic carbocycles. The van der Waals surface area contributed by atoms with Crippen LogP contribution in [0.5, 0.6) is 5.75 Å². The summed E-state index contributed by atoms with van der Waals surface area (Å²) < 4.78 is 42.3. The Bertz CT molecular complexity index is 1980. The molecule has 2 N–H and O–H groups in total. The summed E-state index contributed by atoms with van der Waals surface area (Å²) in [7, 11) is 4.67. The molecular formula is C54H81NO14. The topological polar surface area (TPSA) is 194 Å². The number of rotatable bonds is 12. The van der Waals surface area contributed by atoms with Gasteiger partial charge in [0.25, 0.3) is 11.7 Å². The zero-order chi connectivity index (χ0) is 50.7. The number of methoxy groups -OCH3 is 3. The molecule has 14 unspecified atom stereocenters. The fourth-order valence-electron chi connectivity index (χ4n) is 10.8. The van der Waals surface area contributed by atoms with E-state index in [0.29, 0.717) is 68.3 Å². The molecule has 4 aliphatic rings. The molecule has 1 amide bonds. The summed E-state index contributed by atoms with van der Waals surface area (Å²) in [5.41, 5.74) is 2.12. The summed E-state index contributed by atoms with van der Waals surface area (Å²) in [4.78, 5) is 71.7. The van der Waals surface area contributed by atoms with Crippen molar-refractivity contribution in [2.45, 2.75) is 187 Å². The highest BCUT2D eigenvalue weighted by Crippen LogP contribution is 2.39. The fraction of sp³-hybridized carbons (Fsp3) is 0.722.